The summed E-state index contributed by atoms with van der Waals surface area (Å²) in [4.78, 5) is 2.31. The number of nitrogens with one attached hydrogen (secondary N) is 1. The fourth-order valence-electron chi connectivity index (χ4n) is 2.55. The molecule has 1 fully saturated rings. The second-order valence-corrected chi connectivity index (χ2v) is 7.34. The predicted octanol–water partition coefficient (Wildman–Crippen LogP) is 1.08. The number of sulfonamides is 1. The summed E-state index contributed by atoms with van der Waals surface area (Å²) in [5.41, 5.74) is 1.52. The summed E-state index contributed by atoms with van der Waals surface area (Å²) in [6.45, 7) is 3.37. The number of likely N-dealkylation sites (tertiary alicyclic amines) is 1. The van der Waals surface area contributed by atoms with Crippen molar-refractivity contribution in [3.8, 4) is 0 Å². The maximum Gasteiger partial charge on any atom is 0.215 e. The number of aliphatic hydroxyl groups excluding tert-OH is 1. The van der Waals surface area contributed by atoms with Gasteiger partial charge in [-0.2, -0.15) is 0 Å². The average molecular weight is 312 g/mol. The minimum Gasteiger partial charge on any atom is -0.392 e. The molecule has 1 aromatic carbocycles. The normalized spacial score (nSPS) is 17.0. The first kappa shape index (κ1) is 16.4. The molecular weight excluding hydrogens is 288 g/mol. The highest BCUT2D eigenvalue weighted by atomic mass is 32.2. The van der Waals surface area contributed by atoms with Gasteiger partial charge in [-0.1, -0.05) is 30.7 Å². The Balaban J connectivity index is 1.77. The number of aliphatic hydroxyl groups is 1. The average Bonchev–Trinajstić information content (AvgIpc) is 2.48. The summed E-state index contributed by atoms with van der Waals surface area (Å²) < 4.78 is 26.7. The lowest BCUT2D eigenvalue weighted by molar-refractivity contribution is 0.232. The van der Waals surface area contributed by atoms with Crippen LogP contribution in [0.15, 0.2) is 24.3 Å². The topological polar surface area (TPSA) is 69.6 Å². The van der Waals surface area contributed by atoms with Crippen molar-refractivity contribution < 1.29 is 13.5 Å². The van der Waals surface area contributed by atoms with E-state index in [1.807, 2.05) is 0 Å². The SMILES string of the molecule is O=S(=O)(Cc1ccc(CO)cc1)NCCN1CCCCC1. The van der Waals surface area contributed by atoms with Crippen LogP contribution in [0, 0.1) is 0 Å². The van der Waals surface area contributed by atoms with Gasteiger partial charge in [-0.15, -0.1) is 0 Å². The Morgan fingerprint density at radius 2 is 1.67 bits per heavy atom. The van der Waals surface area contributed by atoms with Gasteiger partial charge in [0.25, 0.3) is 0 Å². The van der Waals surface area contributed by atoms with Crippen molar-refractivity contribution in [2.24, 2.45) is 0 Å². The highest BCUT2D eigenvalue weighted by Gasteiger charge is 2.13. The number of hydrogen-bond donors (Lipinski definition) is 2. The Bertz CT molecular complexity index is 522. The van der Waals surface area contributed by atoms with Gasteiger partial charge in [0, 0.05) is 13.1 Å². The quantitative estimate of drug-likeness (QED) is 0.790. The zero-order valence-corrected chi connectivity index (χ0v) is 13.1. The molecular formula is C15H24N2O3S. The molecule has 1 heterocycles. The molecule has 0 radical (unpaired) electrons. The van der Waals surface area contributed by atoms with Crippen LogP contribution in [0.25, 0.3) is 0 Å². The van der Waals surface area contributed by atoms with Gasteiger partial charge in [0.1, 0.15) is 0 Å². The zero-order chi connectivity index (χ0) is 15.1. The molecule has 118 valence electrons. The van der Waals surface area contributed by atoms with Crippen LogP contribution in [0.1, 0.15) is 30.4 Å². The van der Waals surface area contributed by atoms with Gasteiger partial charge in [0.05, 0.1) is 12.4 Å². The smallest absolute Gasteiger partial charge is 0.215 e. The third kappa shape index (κ3) is 5.74. The fraction of sp³-hybridized carbons (Fsp3) is 0.600. The van der Waals surface area contributed by atoms with Crippen molar-refractivity contribution in [2.45, 2.75) is 31.6 Å². The van der Waals surface area contributed by atoms with E-state index >= 15 is 0 Å². The Kier molecular flexibility index (Phi) is 6.17. The van der Waals surface area contributed by atoms with E-state index in [1.165, 1.54) is 19.3 Å². The van der Waals surface area contributed by atoms with Gasteiger partial charge in [0.15, 0.2) is 0 Å². The molecule has 1 aliphatic rings. The van der Waals surface area contributed by atoms with E-state index in [9.17, 15) is 8.42 Å². The molecule has 2 rings (SSSR count). The second kappa shape index (κ2) is 7.89. The van der Waals surface area contributed by atoms with Gasteiger partial charge < -0.3 is 10.0 Å². The number of rotatable bonds is 7. The third-order valence-corrected chi connectivity index (χ3v) is 5.12. The molecule has 0 saturated carbocycles. The molecule has 1 aromatic rings. The van der Waals surface area contributed by atoms with Crippen LogP contribution in [-0.2, 0) is 22.4 Å². The van der Waals surface area contributed by atoms with Gasteiger partial charge in [0.2, 0.25) is 10.0 Å². The largest absolute Gasteiger partial charge is 0.392 e. The molecule has 2 N–H and O–H groups in total. The Labute approximate surface area is 127 Å². The van der Waals surface area contributed by atoms with E-state index in [2.05, 4.69) is 9.62 Å². The first-order valence-electron chi connectivity index (χ1n) is 7.47. The van der Waals surface area contributed by atoms with Crippen LogP contribution in [0.3, 0.4) is 0 Å². The molecule has 0 aliphatic carbocycles. The van der Waals surface area contributed by atoms with Crippen LogP contribution in [0.2, 0.25) is 0 Å². The van der Waals surface area contributed by atoms with E-state index in [0.29, 0.717) is 6.54 Å². The minimum absolute atomic E-state index is 0.0152. The molecule has 6 heteroatoms. The highest BCUT2D eigenvalue weighted by Crippen LogP contribution is 2.09. The van der Waals surface area contributed by atoms with Crippen molar-refractivity contribution >= 4 is 10.0 Å². The summed E-state index contributed by atoms with van der Waals surface area (Å²) in [6.07, 6.45) is 3.71. The number of hydrogen-bond acceptors (Lipinski definition) is 4. The summed E-state index contributed by atoms with van der Waals surface area (Å²) >= 11 is 0. The van der Waals surface area contributed by atoms with Crippen LogP contribution in [-0.4, -0.2) is 44.6 Å². The summed E-state index contributed by atoms with van der Waals surface area (Å²) in [5, 5.41) is 8.97. The van der Waals surface area contributed by atoms with Crippen LogP contribution >= 0.6 is 0 Å². The Morgan fingerprint density at radius 3 is 2.29 bits per heavy atom. The Morgan fingerprint density at radius 1 is 1.05 bits per heavy atom. The molecule has 5 nitrogen and oxygen atoms in total. The van der Waals surface area contributed by atoms with Crippen molar-refractivity contribution in [1.82, 2.24) is 9.62 Å². The lowest BCUT2D eigenvalue weighted by Crippen LogP contribution is -2.38. The molecule has 0 aromatic heterocycles. The number of piperidine rings is 1. The number of nitrogens with zero attached hydrogens (tertiary/aromatic N) is 1. The van der Waals surface area contributed by atoms with E-state index in [-0.39, 0.29) is 12.4 Å². The maximum absolute atomic E-state index is 12.0. The Hall–Kier alpha value is -0.950. The first-order valence-corrected chi connectivity index (χ1v) is 9.13. The predicted molar refractivity (Wildman–Crippen MR) is 83.3 cm³/mol. The second-order valence-electron chi connectivity index (χ2n) is 5.53. The van der Waals surface area contributed by atoms with Gasteiger partial charge in [-0.25, -0.2) is 13.1 Å². The molecule has 21 heavy (non-hydrogen) atoms. The fourth-order valence-corrected chi connectivity index (χ4v) is 3.69. The van der Waals surface area contributed by atoms with Crippen molar-refractivity contribution in [2.75, 3.05) is 26.2 Å². The minimum atomic E-state index is -3.29. The van der Waals surface area contributed by atoms with Crippen molar-refractivity contribution in [3.63, 3.8) is 0 Å². The van der Waals surface area contributed by atoms with Crippen molar-refractivity contribution in [3.05, 3.63) is 35.4 Å². The van der Waals surface area contributed by atoms with E-state index in [1.54, 1.807) is 24.3 Å². The lowest BCUT2D eigenvalue weighted by Gasteiger charge is -2.26. The number of benzene rings is 1. The van der Waals surface area contributed by atoms with Gasteiger partial charge >= 0.3 is 0 Å². The standard InChI is InChI=1S/C15H24N2O3S/c18-12-14-4-6-15(7-5-14)13-21(19,20)16-8-11-17-9-2-1-3-10-17/h4-7,16,18H,1-3,8-13H2. The maximum atomic E-state index is 12.0. The summed E-state index contributed by atoms with van der Waals surface area (Å²) in [5.74, 6) is -0.0152. The molecule has 0 atom stereocenters. The molecule has 0 spiro atoms. The van der Waals surface area contributed by atoms with Gasteiger partial charge in [-0.05, 0) is 37.1 Å². The summed E-state index contributed by atoms with van der Waals surface area (Å²) in [7, 11) is -3.29. The van der Waals surface area contributed by atoms with Crippen LogP contribution < -0.4 is 4.72 Å². The van der Waals surface area contributed by atoms with E-state index < -0.39 is 10.0 Å². The van der Waals surface area contributed by atoms with Crippen LogP contribution in [0.5, 0.6) is 0 Å². The highest BCUT2D eigenvalue weighted by molar-refractivity contribution is 7.88. The molecule has 0 unspecified atom stereocenters. The lowest BCUT2D eigenvalue weighted by atomic mass is 10.1. The first-order chi connectivity index (χ1) is 10.1. The zero-order valence-electron chi connectivity index (χ0n) is 12.3. The molecule has 0 amide bonds. The van der Waals surface area contributed by atoms with E-state index in [4.69, 9.17) is 5.11 Å². The van der Waals surface area contributed by atoms with Crippen molar-refractivity contribution in [1.29, 1.82) is 0 Å². The molecule has 0 bridgehead atoms. The monoisotopic (exact) mass is 312 g/mol. The molecule has 1 aliphatic heterocycles. The van der Waals surface area contributed by atoms with Gasteiger partial charge in [-0.3, -0.25) is 0 Å². The third-order valence-electron chi connectivity index (χ3n) is 3.76. The van der Waals surface area contributed by atoms with Crippen LogP contribution in [0.4, 0.5) is 0 Å². The summed E-state index contributed by atoms with van der Waals surface area (Å²) in [6, 6.07) is 6.99. The molecule has 1 saturated heterocycles. The van der Waals surface area contributed by atoms with E-state index in [0.717, 1.165) is 30.8 Å².